The van der Waals surface area contributed by atoms with Crippen LogP contribution in [-0.4, -0.2) is 43.3 Å². The molecule has 0 aromatic heterocycles. The van der Waals surface area contributed by atoms with Crippen LogP contribution in [0.3, 0.4) is 0 Å². The number of nitrogens with one attached hydrogen (secondary N) is 3. The maximum atomic E-state index is 11.4. The lowest BCUT2D eigenvalue weighted by molar-refractivity contribution is -0.147. The van der Waals surface area contributed by atoms with Crippen LogP contribution < -0.4 is 16.0 Å². The van der Waals surface area contributed by atoms with Crippen LogP contribution in [0.1, 0.15) is 33.6 Å². The standard InChI is InChI=1S/C12H25N3O3/c1-4-12(3,10(16)17)9-15-11(18)14-8-6-7-13-5-2/h13H,4-9H2,1-3H3,(H,16,17)(H2,14,15,18). The Bertz CT molecular complexity index is 271. The second-order valence-electron chi connectivity index (χ2n) is 4.54. The zero-order chi connectivity index (χ0) is 14.0. The summed E-state index contributed by atoms with van der Waals surface area (Å²) in [5, 5.41) is 17.5. The zero-order valence-corrected chi connectivity index (χ0v) is 11.5. The highest BCUT2D eigenvalue weighted by Gasteiger charge is 2.31. The lowest BCUT2D eigenvalue weighted by Gasteiger charge is -2.23. The van der Waals surface area contributed by atoms with Gasteiger partial charge in [0, 0.05) is 13.1 Å². The third-order valence-electron chi connectivity index (χ3n) is 3.00. The van der Waals surface area contributed by atoms with E-state index in [1.54, 1.807) is 13.8 Å². The second kappa shape index (κ2) is 8.74. The Kier molecular flexibility index (Phi) is 8.11. The molecule has 6 nitrogen and oxygen atoms in total. The van der Waals surface area contributed by atoms with Gasteiger partial charge in [0.25, 0.3) is 0 Å². The average Bonchev–Trinajstić information content (AvgIpc) is 2.35. The predicted molar refractivity (Wildman–Crippen MR) is 70.6 cm³/mol. The lowest BCUT2D eigenvalue weighted by atomic mass is 9.88. The van der Waals surface area contributed by atoms with Crippen molar-refractivity contribution in [2.24, 2.45) is 5.41 Å². The topological polar surface area (TPSA) is 90.5 Å². The first-order chi connectivity index (χ1) is 8.46. The molecule has 4 N–H and O–H groups in total. The van der Waals surface area contributed by atoms with Gasteiger partial charge in [-0.3, -0.25) is 4.79 Å². The quantitative estimate of drug-likeness (QED) is 0.461. The molecule has 2 amide bonds. The molecular formula is C12H25N3O3. The van der Waals surface area contributed by atoms with E-state index in [0.29, 0.717) is 13.0 Å². The van der Waals surface area contributed by atoms with Gasteiger partial charge in [-0.1, -0.05) is 13.8 Å². The Hall–Kier alpha value is -1.30. The van der Waals surface area contributed by atoms with Gasteiger partial charge >= 0.3 is 12.0 Å². The maximum absolute atomic E-state index is 11.4. The minimum absolute atomic E-state index is 0.137. The van der Waals surface area contributed by atoms with E-state index >= 15 is 0 Å². The number of hydrogen-bond acceptors (Lipinski definition) is 3. The molecule has 106 valence electrons. The molecule has 0 fully saturated rings. The molecule has 0 bridgehead atoms. The Labute approximate surface area is 109 Å². The second-order valence-corrected chi connectivity index (χ2v) is 4.54. The van der Waals surface area contributed by atoms with Gasteiger partial charge in [-0.2, -0.15) is 0 Å². The molecule has 0 rings (SSSR count). The molecule has 6 heteroatoms. The molecule has 0 aliphatic rings. The first kappa shape index (κ1) is 16.7. The van der Waals surface area contributed by atoms with Crippen LogP contribution >= 0.6 is 0 Å². The van der Waals surface area contributed by atoms with E-state index in [-0.39, 0.29) is 12.6 Å². The fourth-order valence-corrected chi connectivity index (χ4v) is 1.28. The molecule has 0 radical (unpaired) electrons. The van der Waals surface area contributed by atoms with Gasteiger partial charge in [0.1, 0.15) is 0 Å². The summed E-state index contributed by atoms with van der Waals surface area (Å²) in [6.07, 6.45) is 1.33. The van der Waals surface area contributed by atoms with E-state index in [2.05, 4.69) is 16.0 Å². The summed E-state index contributed by atoms with van der Waals surface area (Å²) < 4.78 is 0. The molecule has 1 atom stereocenters. The van der Waals surface area contributed by atoms with E-state index in [0.717, 1.165) is 19.5 Å². The normalized spacial score (nSPS) is 13.7. The Morgan fingerprint density at radius 2 is 1.83 bits per heavy atom. The van der Waals surface area contributed by atoms with E-state index < -0.39 is 11.4 Å². The van der Waals surface area contributed by atoms with Crippen molar-refractivity contribution in [3.63, 3.8) is 0 Å². The minimum atomic E-state index is -0.902. The fourth-order valence-electron chi connectivity index (χ4n) is 1.28. The highest BCUT2D eigenvalue weighted by Crippen LogP contribution is 2.19. The van der Waals surface area contributed by atoms with Gasteiger partial charge in [0.05, 0.1) is 5.41 Å². The van der Waals surface area contributed by atoms with Crippen LogP contribution in [0.2, 0.25) is 0 Å². The SMILES string of the molecule is CCNCCCNC(=O)NCC(C)(CC)C(=O)O. The van der Waals surface area contributed by atoms with Crippen LogP contribution in [0, 0.1) is 5.41 Å². The van der Waals surface area contributed by atoms with E-state index in [9.17, 15) is 9.59 Å². The van der Waals surface area contributed by atoms with Gasteiger partial charge in [0.15, 0.2) is 0 Å². The van der Waals surface area contributed by atoms with Crippen LogP contribution in [-0.2, 0) is 4.79 Å². The number of rotatable bonds is 9. The van der Waals surface area contributed by atoms with Crippen molar-refractivity contribution in [3.05, 3.63) is 0 Å². The number of carbonyl (C=O) groups is 2. The van der Waals surface area contributed by atoms with Crippen molar-refractivity contribution in [2.75, 3.05) is 26.2 Å². The first-order valence-electron chi connectivity index (χ1n) is 6.42. The van der Waals surface area contributed by atoms with Crippen LogP contribution in [0.4, 0.5) is 4.79 Å². The highest BCUT2D eigenvalue weighted by molar-refractivity contribution is 5.77. The van der Waals surface area contributed by atoms with Gasteiger partial charge in [-0.15, -0.1) is 0 Å². The number of amides is 2. The summed E-state index contributed by atoms with van der Waals surface area (Å²) in [5.41, 5.74) is -0.902. The van der Waals surface area contributed by atoms with Crippen LogP contribution in [0.5, 0.6) is 0 Å². The summed E-state index contributed by atoms with van der Waals surface area (Å²) in [4.78, 5) is 22.4. The van der Waals surface area contributed by atoms with Crippen molar-refractivity contribution in [3.8, 4) is 0 Å². The molecule has 0 aliphatic heterocycles. The fraction of sp³-hybridized carbons (Fsp3) is 0.833. The summed E-state index contributed by atoms with van der Waals surface area (Å²) in [5.74, 6) is -0.891. The molecule has 1 unspecified atom stereocenters. The highest BCUT2D eigenvalue weighted by atomic mass is 16.4. The van der Waals surface area contributed by atoms with Crippen molar-refractivity contribution < 1.29 is 14.7 Å². The molecule has 0 aromatic rings. The number of carboxylic acids is 1. The molecule has 0 spiro atoms. The molecule has 18 heavy (non-hydrogen) atoms. The van der Waals surface area contributed by atoms with E-state index in [1.807, 2.05) is 6.92 Å². The number of carboxylic acid groups (broad SMARTS) is 1. The van der Waals surface area contributed by atoms with Crippen molar-refractivity contribution in [1.29, 1.82) is 0 Å². The first-order valence-corrected chi connectivity index (χ1v) is 6.42. The average molecular weight is 259 g/mol. The van der Waals surface area contributed by atoms with Crippen LogP contribution in [0.25, 0.3) is 0 Å². The van der Waals surface area contributed by atoms with Gasteiger partial charge in [-0.25, -0.2) is 4.79 Å². The van der Waals surface area contributed by atoms with Crippen molar-refractivity contribution in [1.82, 2.24) is 16.0 Å². The third-order valence-corrected chi connectivity index (χ3v) is 3.00. The summed E-state index contributed by atoms with van der Waals surface area (Å²) in [6.45, 7) is 7.94. The summed E-state index contributed by atoms with van der Waals surface area (Å²) >= 11 is 0. The lowest BCUT2D eigenvalue weighted by Crippen LogP contribution is -2.45. The maximum Gasteiger partial charge on any atom is 0.314 e. The number of carbonyl (C=O) groups excluding carboxylic acids is 1. The Morgan fingerprint density at radius 1 is 1.17 bits per heavy atom. The van der Waals surface area contributed by atoms with E-state index in [4.69, 9.17) is 5.11 Å². The Balaban J connectivity index is 3.79. The molecular weight excluding hydrogens is 234 g/mol. The Morgan fingerprint density at radius 3 is 2.33 bits per heavy atom. The van der Waals surface area contributed by atoms with Gasteiger partial charge in [-0.05, 0) is 32.9 Å². The van der Waals surface area contributed by atoms with Crippen LogP contribution in [0.15, 0.2) is 0 Å². The number of aliphatic carboxylic acids is 1. The molecule has 0 heterocycles. The zero-order valence-electron chi connectivity index (χ0n) is 11.5. The van der Waals surface area contributed by atoms with Gasteiger partial charge in [0.2, 0.25) is 0 Å². The number of hydrogen-bond donors (Lipinski definition) is 4. The summed E-state index contributed by atoms with van der Waals surface area (Å²) in [6, 6.07) is -0.313. The number of urea groups is 1. The largest absolute Gasteiger partial charge is 0.481 e. The smallest absolute Gasteiger partial charge is 0.314 e. The summed E-state index contributed by atoms with van der Waals surface area (Å²) in [7, 11) is 0. The minimum Gasteiger partial charge on any atom is -0.481 e. The predicted octanol–water partition coefficient (Wildman–Crippen LogP) is 0.786. The van der Waals surface area contributed by atoms with E-state index in [1.165, 1.54) is 0 Å². The molecule has 0 aromatic carbocycles. The molecule has 0 aliphatic carbocycles. The van der Waals surface area contributed by atoms with Gasteiger partial charge < -0.3 is 21.1 Å². The van der Waals surface area contributed by atoms with Crippen molar-refractivity contribution in [2.45, 2.75) is 33.6 Å². The van der Waals surface area contributed by atoms with Crippen molar-refractivity contribution >= 4 is 12.0 Å². The molecule has 0 saturated heterocycles. The third kappa shape index (κ3) is 6.44. The molecule has 0 saturated carbocycles. The monoisotopic (exact) mass is 259 g/mol.